The number of hydrogen-bond donors (Lipinski definition) is 1. The van der Waals surface area contributed by atoms with Crippen LogP contribution in [-0.4, -0.2) is 22.2 Å². The Morgan fingerprint density at radius 3 is 1.89 bits per heavy atom. The summed E-state index contributed by atoms with van der Waals surface area (Å²) in [5.41, 5.74) is 9.02. The maximum Gasteiger partial charge on any atom is 0.328 e. The van der Waals surface area contributed by atoms with Gasteiger partial charge in [-0.2, -0.15) is 0 Å². The Bertz CT molecular complexity index is 1870. The first kappa shape index (κ1) is 32.0. The number of anilines is 2. The molecule has 4 aromatic carbocycles. The van der Waals surface area contributed by atoms with Crippen molar-refractivity contribution in [2.75, 3.05) is 11.4 Å². The van der Waals surface area contributed by atoms with Gasteiger partial charge in [0.25, 0.3) is 0 Å². The van der Waals surface area contributed by atoms with Crippen LogP contribution in [0.3, 0.4) is 0 Å². The predicted octanol–water partition coefficient (Wildman–Crippen LogP) is 11.4. The minimum Gasteiger partial charge on any atom is -0.478 e. The van der Waals surface area contributed by atoms with Crippen molar-refractivity contribution in [2.45, 2.75) is 94.4 Å². The summed E-state index contributed by atoms with van der Waals surface area (Å²) in [5, 5.41) is 11.8. The van der Waals surface area contributed by atoms with E-state index in [0.29, 0.717) is 0 Å². The van der Waals surface area contributed by atoms with Gasteiger partial charge < -0.3 is 14.6 Å². The highest BCUT2D eigenvalue weighted by Gasteiger charge is 2.23. The lowest BCUT2D eigenvalue weighted by atomic mass is 9.85. The van der Waals surface area contributed by atoms with Gasteiger partial charge in [-0.05, 0) is 95.0 Å². The summed E-state index contributed by atoms with van der Waals surface area (Å²) < 4.78 is 2.55. The quantitative estimate of drug-likeness (QED) is 0.130. The summed E-state index contributed by atoms with van der Waals surface area (Å²) in [5.74, 6) is -0.931. The molecule has 2 heterocycles. The zero-order valence-electron chi connectivity index (χ0n) is 28.1. The van der Waals surface area contributed by atoms with E-state index in [1.807, 2.05) is 6.07 Å². The molecule has 0 saturated carbocycles. The van der Waals surface area contributed by atoms with Gasteiger partial charge in [0.05, 0.1) is 11.4 Å². The van der Waals surface area contributed by atoms with Crippen LogP contribution in [0.25, 0.3) is 27.9 Å². The van der Waals surface area contributed by atoms with E-state index in [2.05, 4.69) is 124 Å². The largest absolute Gasteiger partial charge is 0.478 e. The number of unbranched alkanes of at least 4 members (excludes halogenated alkanes) is 3. The number of carbonyl (C=O) groups is 1. The molecule has 6 rings (SSSR count). The van der Waals surface area contributed by atoms with Crippen LogP contribution >= 0.6 is 11.8 Å². The van der Waals surface area contributed by atoms with Crippen molar-refractivity contribution in [2.24, 2.45) is 0 Å². The van der Waals surface area contributed by atoms with Gasteiger partial charge in [0.15, 0.2) is 0 Å². The second-order valence-electron chi connectivity index (χ2n) is 14.6. The lowest BCUT2D eigenvalue weighted by molar-refractivity contribution is -0.131. The lowest BCUT2D eigenvalue weighted by Crippen LogP contribution is -2.22. The van der Waals surface area contributed by atoms with Gasteiger partial charge in [-0.1, -0.05) is 96.5 Å². The van der Waals surface area contributed by atoms with Crippen molar-refractivity contribution in [3.63, 3.8) is 0 Å². The first-order valence-electron chi connectivity index (χ1n) is 16.6. The Kier molecular flexibility index (Phi) is 8.82. The average Bonchev–Trinajstić information content (AvgIpc) is 3.32. The van der Waals surface area contributed by atoms with Crippen LogP contribution in [0.2, 0.25) is 0 Å². The topological polar surface area (TPSA) is 45.5 Å². The SMILES string of the molecule is CC(C)(C)c1ccc2c(c1)c1cc(C(C)(C)C)ccc1n2CCCCCCN1c2ccccc2Sc2cc(/C=C/C(=O)O)ccc21. The number of fused-ring (bicyclic) bond motifs is 5. The fraction of sp³-hybridized carbons (Fsp3) is 0.341. The van der Waals surface area contributed by atoms with Gasteiger partial charge in [-0.15, -0.1) is 0 Å². The van der Waals surface area contributed by atoms with Crippen molar-refractivity contribution in [3.05, 3.63) is 102 Å². The Labute approximate surface area is 278 Å². The van der Waals surface area contributed by atoms with E-state index >= 15 is 0 Å². The first-order valence-corrected chi connectivity index (χ1v) is 17.4. The molecule has 4 nitrogen and oxygen atoms in total. The highest BCUT2D eigenvalue weighted by atomic mass is 32.2. The van der Waals surface area contributed by atoms with Gasteiger partial charge in [0, 0.05) is 50.8 Å². The summed E-state index contributed by atoms with van der Waals surface area (Å²) in [6, 6.07) is 29.0. The molecule has 238 valence electrons. The Hall–Kier alpha value is -3.96. The number of aromatic nitrogens is 1. The summed E-state index contributed by atoms with van der Waals surface area (Å²) in [4.78, 5) is 15.9. The maximum atomic E-state index is 11.0. The average molecular weight is 631 g/mol. The molecule has 0 amide bonds. The van der Waals surface area contributed by atoms with Crippen LogP contribution in [0.15, 0.2) is 94.7 Å². The van der Waals surface area contributed by atoms with Crippen molar-refractivity contribution < 1.29 is 9.90 Å². The van der Waals surface area contributed by atoms with E-state index in [1.165, 1.54) is 73.0 Å². The summed E-state index contributed by atoms with van der Waals surface area (Å²) in [7, 11) is 0. The molecule has 46 heavy (non-hydrogen) atoms. The van der Waals surface area contributed by atoms with Crippen molar-refractivity contribution >= 4 is 57.0 Å². The van der Waals surface area contributed by atoms with Crippen molar-refractivity contribution in [3.8, 4) is 0 Å². The van der Waals surface area contributed by atoms with Crippen LogP contribution < -0.4 is 4.90 Å². The monoisotopic (exact) mass is 630 g/mol. The van der Waals surface area contributed by atoms with E-state index in [-0.39, 0.29) is 10.8 Å². The molecular weight excluding hydrogens is 585 g/mol. The highest BCUT2D eigenvalue weighted by Crippen LogP contribution is 2.48. The summed E-state index contributed by atoms with van der Waals surface area (Å²) in [6.07, 6.45) is 7.46. The molecule has 1 aliphatic heterocycles. The van der Waals surface area contributed by atoms with Crippen LogP contribution in [0, 0.1) is 0 Å². The van der Waals surface area contributed by atoms with E-state index in [9.17, 15) is 4.79 Å². The molecule has 5 aromatic rings. The number of aryl methyl sites for hydroxylation is 1. The van der Waals surface area contributed by atoms with Crippen LogP contribution in [0.5, 0.6) is 0 Å². The molecule has 0 unspecified atom stereocenters. The number of aliphatic carboxylic acids is 1. The Morgan fingerprint density at radius 1 is 0.696 bits per heavy atom. The third-order valence-electron chi connectivity index (χ3n) is 9.18. The predicted molar refractivity (Wildman–Crippen MR) is 196 cm³/mol. The number of benzene rings is 4. The standard InChI is InChI=1S/C41H46N2O2S/c1-40(2,3)29-17-20-33-31(26-29)32-27-30(41(4,5)6)18-21-34(32)42(33)23-11-7-8-12-24-43-35-13-9-10-14-37(35)46-38-25-28(15-19-36(38)43)16-22-39(44)45/h9-10,13-22,25-27H,7-8,11-12,23-24H2,1-6H3,(H,44,45)/b22-16+. The number of hydrogen-bond acceptors (Lipinski definition) is 3. The Balaban J connectivity index is 1.16. The van der Waals surface area contributed by atoms with Gasteiger partial charge in [-0.3, -0.25) is 0 Å². The highest BCUT2D eigenvalue weighted by molar-refractivity contribution is 7.99. The van der Waals surface area contributed by atoms with Crippen molar-refractivity contribution in [1.29, 1.82) is 0 Å². The minimum atomic E-state index is -0.931. The molecule has 0 aliphatic carbocycles. The molecular formula is C41H46N2O2S. The summed E-state index contributed by atoms with van der Waals surface area (Å²) in [6.45, 7) is 15.7. The van der Waals surface area contributed by atoms with Crippen LogP contribution in [0.4, 0.5) is 11.4 Å². The molecule has 1 aromatic heterocycles. The number of para-hydroxylation sites is 1. The van der Waals surface area contributed by atoms with E-state index < -0.39 is 5.97 Å². The van der Waals surface area contributed by atoms with Gasteiger partial charge in [-0.25, -0.2) is 4.79 Å². The molecule has 0 bridgehead atoms. The number of carboxylic acid groups (broad SMARTS) is 1. The summed E-state index contributed by atoms with van der Waals surface area (Å²) >= 11 is 1.76. The number of carboxylic acids is 1. The zero-order chi connectivity index (χ0) is 32.6. The van der Waals surface area contributed by atoms with E-state index in [4.69, 9.17) is 5.11 Å². The van der Waals surface area contributed by atoms with Crippen LogP contribution in [-0.2, 0) is 22.2 Å². The van der Waals surface area contributed by atoms with E-state index in [1.54, 1.807) is 17.8 Å². The first-order chi connectivity index (χ1) is 21.9. The third kappa shape index (κ3) is 6.62. The van der Waals surface area contributed by atoms with Gasteiger partial charge in [0.2, 0.25) is 0 Å². The lowest BCUT2D eigenvalue weighted by Gasteiger charge is -2.33. The normalized spacial score (nSPS) is 13.5. The molecule has 0 atom stereocenters. The fourth-order valence-electron chi connectivity index (χ4n) is 6.53. The maximum absolute atomic E-state index is 11.0. The number of rotatable bonds is 9. The molecule has 0 spiro atoms. The molecule has 1 aliphatic rings. The second-order valence-corrected chi connectivity index (χ2v) is 15.7. The number of nitrogens with zero attached hydrogens (tertiary/aromatic N) is 2. The van der Waals surface area contributed by atoms with Gasteiger partial charge in [0.1, 0.15) is 0 Å². The van der Waals surface area contributed by atoms with E-state index in [0.717, 1.165) is 31.5 Å². The fourth-order valence-corrected chi connectivity index (χ4v) is 7.68. The zero-order valence-corrected chi connectivity index (χ0v) is 28.9. The Morgan fingerprint density at radius 2 is 1.28 bits per heavy atom. The molecule has 0 radical (unpaired) electrons. The minimum absolute atomic E-state index is 0.109. The molecule has 0 saturated heterocycles. The van der Waals surface area contributed by atoms with Crippen LogP contribution in [0.1, 0.15) is 83.9 Å². The molecule has 5 heteroatoms. The third-order valence-corrected chi connectivity index (χ3v) is 10.3. The van der Waals surface area contributed by atoms with Gasteiger partial charge >= 0.3 is 5.97 Å². The smallest absolute Gasteiger partial charge is 0.328 e. The molecule has 1 N–H and O–H groups in total. The second kappa shape index (κ2) is 12.7. The molecule has 0 fully saturated rings. The van der Waals surface area contributed by atoms with Crippen molar-refractivity contribution in [1.82, 2.24) is 4.57 Å².